The summed E-state index contributed by atoms with van der Waals surface area (Å²) in [6.45, 7) is 7.61. The van der Waals surface area contributed by atoms with Gasteiger partial charge >= 0.3 is 6.09 Å². The molecule has 1 heterocycles. The molecular formula is C33H37N3O5. The van der Waals surface area contributed by atoms with Crippen LogP contribution >= 0.6 is 0 Å². The Morgan fingerprint density at radius 2 is 1.27 bits per heavy atom. The van der Waals surface area contributed by atoms with Gasteiger partial charge in [0.25, 0.3) is 5.91 Å². The first-order chi connectivity index (χ1) is 19.6. The molecule has 41 heavy (non-hydrogen) atoms. The second kappa shape index (κ2) is 13.3. The van der Waals surface area contributed by atoms with Gasteiger partial charge in [-0.1, -0.05) is 72.8 Å². The summed E-state index contributed by atoms with van der Waals surface area (Å²) in [4.78, 5) is 56.2. The van der Waals surface area contributed by atoms with Gasteiger partial charge in [-0.3, -0.25) is 14.4 Å². The van der Waals surface area contributed by atoms with Crippen LogP contribution < -0.4 is 4.90 Å². The number of carbonyl (C=O) groups excluding carboxylic acids is 4. The minimum atomic E-state index is -0.753. The Hall–Kier alpha value is -4.46. The van der Waals surface area contributed by atoms with Crippen LogP contribution in [0.3, 0.4) is 0 Å². The average molecular weight is 556 g/mol. The third-order valence-corrected chi connectivity index (χ3v) is 6.74. The summed E-state index contributed by atoms with van der Waals surface area (Å²) < 4.78 is 5.38. The molecule has 0 radical (unpaired) electrons. The second-order valence-corrected chi connectivity index (χ2v) is 11.2. The van der Waals surface area contributed by atoms with E-state index in [1.165, 1.54) is 9.80 Å². The summed E-state index contributed by atoms with van der Waals surface area (Å²) in [7, 11) is 0. The Bertz CT molecular complexity index is 1320. The summed E-state index contributed by atoms with van der Waals surface area (Å²) in [5.41, 5.74) is 2.88. The number of ether oxygens (including phenoxy) is 1. The molecule has 0 N–H and O–H groups in total. The second-order valence-electron chi connectivity index (χ2n) is 11.2. The van der Waals surface area contributed by atoms with Crippen molar-refractivity contribution < 1.29 is 23.9 Å². The smallest absolute Gasteiger partial charge is 0.410 e. The third-order valence-electron chi connectivity index (χ3n) is 6.74. The van der Waals surface area contributed by atoms with Crippen LogP contribution in [-0.2, 0) is 27.4 Å². The van der Waals surface area contributed by atoms with Crippen molar-refractivity contribution >= 4 is 29.3 Å². The molecule has 3 aromatic rings. The van der Waals surface area contributed by atoms with E-state index >= 15 is 0 Å². The fourth-order valence-corrected chi connectivity index (χ4v) is 4.64. The zero-order valence-electron chi connectivity index (χ0n) is 23.9. The van der Waals surface area contributed by atoms with Crippen LogP contribution in [0.2, 0.25) is 0 Å². The number of anilines is 1. The highest BCUT2D eigenvalue weighted by atomic mass is 16.6. The van der Waals surface area contributed by atoms with Crippen molar-refractivity contribution in [3.8, 4) is 0 Å². The predicted octanol–water partition coefficient (Wildman–Crippen LogP) is 5.11. The average Bonchev–Trinajstić information content (AvgIpc) is 2.97. The number of rotatable bonds is 9. The van der Waals surface area contributed by atoms with Crippen molar-refractivity contribution in [3.05, 3.63) is 102 Å². The molecule has 0 aliphatic carbocycles. The van der Waals surface area contributed by atoms with Gasteiger partial charge in [0.2, 0.25) is 5.78 Å². The van der Waals surface area contributed by atoms with Gasteiger partial charge in [0, 0.05) is 50.5 Å². The van der Waals surface area contributed by atoms with Crippen molar-refractivity contribution in [2.45, 2.75) is 45.9 Å². The SMILES string of the molecule is CC(C)(C)OC(=O)N1CCN(C(=O)C(=O)CC(=O)c2cccc(N(Cc3ccccc3)Cc3ccccc3)c2)CC1. The molecule has 0 spiro atoms. The topological polar surface area (TPSA) is 87.2 Å². The zero-order valence-corrected chi connectivity index (χ0v) is 23.9. The van der Waals surface area contributed by atoms with Gasteiger partial charge in [0.05, 0.1) is 6.42 Å². The Labute approximate surface area is 241 Å². The van der Waals surface area contributed by atoms with Crippen LogP contribution in [-0.4, -0.2) is 65.1 Å². The molecule has 8 heteroatoms. The van der Waals surface area contributed by atoms with Crippen LogP contribution in [0, 0.1) is 0 Å². The predicted molar refractivity (Wildman–Crippen MR) is 158 cm³/mol. The molecule has 0 bridgehead atoms. The number of ketones is 2. The van der Waals surface area contributed by atoms with Gasteiger partial charge in [-0.2, -0.15) is 0 Å². The van der Waals surface area contributed by atoms with Crippen LogP contribution in [0.25, 0.3) is 0 Å². The Morgan fingerprint density at radius 1 is 0.732 bits per heavy atom. The van der Waals surface area contributed by atoms with Crippen LogP contribution in [0.5, 0.6) is 0 Å². The van der Waals surface area contributed by atoms with Crippen molar-refractivity contribution in [1.82, 2.24) is 9.80 Å². The number of hydrogen-bond donors (Lipinski definition) is 0. The largest absolute Gasteiger partial charge is 0.444 e. The number of piperazine rings is 1. The lowest BCUT2D eigenvalue weighted by Gasteiger charge is -2.35. The number of hydrogen-bond acceptors (Lipinski definition) is 6. The monoisotopic (exact) mass is 555 g/mol. The maximum atomic E-state index is 13.1. The number of Topliss-reactive ketones (excluding diaryl/α,β-unsaturated/α-hetero) is 2. The zero-order chi connectivity index (χ0) is 29.4. The molecule has 214 valence electrons. The molecule has 1 fully saturated rings. The number of carbonyl (C=O) groups is 4. The molecular weight excluding hydrogens is 518 g/mol. The third kappa shape index (κ3) is 8.51. The first-order valence-corrected chi connectivity index (χ1v) is 13.8. The first-order valence-electron chi connectivity index (χ1n) is 13.8. The number of nitrogens with zero attached hydrogens (tertiary/aromatic N) is 3. The standard InChI is InChI=1S/C33H37N3O5/c1-33(2,3)41-32(40)35-19-17-34(18-20-35)31(39)30(38)22-29(37)27-15-10-16-28(21-27)36(23-25-11-6-4-7-12-25)24-26-13-8-5-9-14-26/h4-16,21H,17-20,22-24H2,1-3H3. The Morgan fingerprint density at radius 3 is 1.80 bits per heavy atom. The minimum Gasteiger partial charge on any atom is -0.444 e. The van der Waals surface area contributed by atoms with Crippen molar-refractivity contribution in [2.75, 3.05) is 31.1 Å². The molecule has 2 amide bonds. The lowest BCUT2D eigenvalue weighted by atomic mass is 10.0. The van der Waals surface area contributed by atoms with Crippen LogP contribution in [0.15, 0.2) is 84.9 Å². The molecule has 8 nitrogen and oxygen atoms in total. The Kier molecular flexibility index (Phi) is 9.55. The first kappa shape index (κ1) is 29.5. The lowest BCUT2D eigenvalue weighted by molar-refractivity contribution is -0.145. The molecule has 1 aliphatic heterocycles. The van der Waals surface area contributed by atoms with Crippen LogP contribution in [0.4, 0.5) is 10.5 Å². The van der Waals surface area contributed by atoms with E-state index in [4.69, 9.17) is 4.74 Å². The highest BCUT2D eigenvalue weighted by molar-refractivity contribution is 6.40. The van der Waals surface area contributed by atoms with Gasteiger partial charge in [-0.05, 0) is 44.0 Å². The summed E-state index contributed by atoms with van der Waals surface area (Å²) in [6.07, 6.45) is -0.953. The maximum absolute atomic E-state index is 13.1. The van der Waals surface area contributed by atoms with Crippen molar-refractivity contribution in [3.63, 3.8) is 0 Å². The molecule has 0 aromatic heterocycles. The summed E-state index contributed by atoms with van der Waals surface area (Å²) in [5, 5.41) is 0. The van der Waals surface area contributed by atoms with E-state index in [1.807, 2.05) is 42.5 Å². The van der Waals surface area contributed by atoms with E-state index in [2.05, 4.69) is 29.2 Å². The number of benzene rings is 3. The molecule has 3 aromatic carbocycles. The fraction of sp³-hybridized carbons (Fsp3) is 0.333. The van der Waals surface area contributed by atoms with Crippen molar-refractivity contribution in [1.29, 1.82) is 0 Å². The molecule has 0 unspecified atom stereocenters. The molecule has 0 saturated carbocycles. The van der Waals surface area contributed by atoms with Gasteiger partial charge in [0.1, 0.15) is 5.60 Å². The normalized spacial score (nSPS) is 13.4. The highest BCUT2D eigenvalue weighted by Gasteiger charge is 2.31. The van der Waals surface area contributed by atoms with E-state index in [0.29, 0.717) is 18.7 Å². The summed E-state index contributed by atoms with van der Waals surface area (Å²) in [5.74, 6) is -1.86. The lowest BCUT2D eigenvalue weighted by Crippen LogP contribution is -2.53. The molecule has 1 saturated heterocycles. The Balaban J connectivity index is 1.39. The summed E-state index contributed by atoms with van der Waals surface area (Å²) in [6, 6.07) is 27.4. The van der Waals surface area contributed by atoms with E-state index in [9.17, 15) is 19.2 Å². The van der Waals surface area contributed by atoms with Gasteiger partial charge in [-0.15, -0.1) is 0 Å². The van der Waals surface area contributed by atoms with Gasteiger partial charge in [0.15, 0.2) is 5.78 Å². The minimum absolute atomic E-state index is 0.210. The van der Waals surface area contributed by atoms with Crippen LogP contribution in [0.1, 0.15) is 48.7 Å². The summed E-state index contributed by atoms with van der Waals surface area (Å²) >= 11 is 0. The molecule has 4 rings (SSSR count). The van der Waals surface area contributed by atoms with E-state index in [1.54, 1.807) is 39.0 Å². The van der Waals surface area contributed by atoms with E-state index < -0.39 is 35.6 Å². The van der Waals surface area contributed by atoms with E-state index in [-0.39, 0.29) is 26.2 Å². The molecule has 0 atom stereocenters. The number of amides is 2. The van der Waals surface area contributed by atoms with Gasteiger partial charge in [-0.25, -0.2) is 4.79 Å². The fourth-order valence-electron chi connectivity index (χ4n) is 4.64. The molecule has 1 aliphatic rings. The van der Waals surface area contributed by atoms with E-state index in [0.717, 1.165) is 16.8 Å². The van der Waals surface area contributed by atoms with Crippen molar-refractivity contribution in [2.24, 2.45) is 0 Å². The quantitative estimate of drug-likeness (QED) is 0.207. The maximum Gasteiger partial charge on any atom is 0.410 e. The van der Waals surface area contributed by atoms with Gasteiger partial charge < -0.3 is 19.4 Å². The highest BCUT2D eigenvalue weighted by Crippen LogP contribution is 2.23.